The summed E-state index contributed by atoms with van der Waals surface area (Å²) in [6, 6.07) is 12.7. The fourth-order valence-corrected chi connectivity index (χ4v) is 5.09. The van der Waals surface area contributed by atoms with Gasteiger partial charge < -0.3 is 0 Å². The molecule has 1 radical (unpaired) electrons. The summed E-state index contributed by atoms with van der Waals surface area (Å²) in [6.45, 7) is 3.88. The highest BCUT2D eigenvalue weighted by molar-refractivity contribution is 7.98. The van der Waals surface area contributed by atoms with Crippen molar-refractivity contribution >= 4 is 23.1 Å². The van der Waals surface area contributed by atoms with Crippen LogP contribution in [0.25, 0.3) is 10.4 Å². The molecule has 3 aromatic rings. The molecule has 0 unspecified atom stereocenters. The minimum absolute atomic E-state index is 0.0364. The van der Waals surface area contributed by atoms with Crippen LogP contribution in [0.4, 0.5) is 13.2 Å². The van der Waals surface area contributed by atoms with Crippen molar-refractivity contribution in [3.05, 3.63) is 70.1 Å². The molecule has 0 aliphatic rings. The molecule has 0 amide bonds. The molecule has 1 nitrogen and oxygen atoms in total. The molecule has 141 valence electrons. The minimum atomic E-state index is -4.32. The van der Waals surface area contributed by atoms with E-state index in [0.29, 0.717) is 0 Å². The lowest BCUT2D eigenvalue weighted by Crippen LogP contribution is -2.03. The third-order valence-corrected chi connectivity index (χ3v) is 6.72. The summed E-state index contributed by atoms with van der Waals surface area (Å²) < 4.78 is 38.2. The van der Waals surface area contributed by atoms with Crippen molar-refractivity contribution in [1.29, 1.82) is 0 Å². The molecule has 1 heterocycles. The average Bonchev–Trinajstić information content (AvgIpc) is 3.05. The Bertz CT molecular complexity index is 928. The molecule has 0 N–H and O–H groups in total. The Labute approximate surface area is 164 Å². The van der Waals surface area contributed by atoms with Gasteiger partial charge in [0.15, 0.2) is 5.75 Å². The number of benzene rings is 2. The SMILES string of the molecule is CCc1cc(-c2ccc(C(F)(F)F)cc2)sc1CSc1ccc([O])c(C)c1. The van der Waals surface area contributed by atoms with E-state index in [4.69, 9.17) is 0 Å². The van der Waals surface area contributed by atoms with E-state index in [1.165, 1.54) is 22.6 Å². The zero-order valence-electron chi connectivity index (χ0n) is 14.9. The Morgan fingerprint density at radius 2 is 1.74 bits per heavy atom. The van der Waals surface area contributed by atoms with E-state index in [1.54, 1.807) is 36.1 Å². The van der Waals surface area contributed by atoms with Gasteiger partial charge in [-0.2, -0.15) is 13.2 Å². The number of alkyl halides is 3. The molecule has 27 heavy (non-hydrogen) atoms. The quantitative estimate of drug-likeness (QED) is 0.396. The molecular formula is C21H18F3OS2. The summed E-state index contributed by atoms with van der Waals surface area (Å²) in [6.07, 6.45) is -3.45. The number of rotatable bonds is 5. The largest absolute Gasteiger partial charge is 0.416 e. The smallest absolute Gasteiger partial charge is 0.290 e. The van der Waals surface area contributed by atoms with Crippen LogP contribution in [0.3, 0.4) is 0 Å². The van der Waals surface area contributed by atoms with E-state index < -0.39 is 11.7 Å². The van der Waals surface area contributed by atoms with Crippen LogP contribution in [0.15, 0.2) is 53.4 Å². The predicted molar refractivity (Wildman–Crippen MR) is 105 cm³/mol. The summed E-state index contributed by atoms with van der Waals surface area (Å²) in [4.78, 5) is 3.22. The molecule has 1 aromatic heterocycles. The fourth-order valence-electron chi connectivity index (χ4n) is 2.71. The van der Waals surface area contributed by atoms with E-state index in [1.807, 2.05) is 12.1 Å². The topological polar surface area (TPSA) is 19.9 Å². The van der Waals surface area contributed by atoms with Crippen LogP contribution < -0.4 is 0 Å². The molecule has 0 saturated carbocycles. The highest BCUT2D eigenvalue weighted by Crippen LogP contribution is 2.37. The highest BCUT2D eigenvalue weighted by atomic mass is 32.2. The third kappa shape index (κ3) is 4.68. The van der Waals surface area contributed by atoms with Gasteiger partial charge >= 0.3 is 6.18 Å². The number of thioether (sulfide) groups is 1. The maximum Gasteiger partial charge on any atom is 0.416 e. The zero-order chi connectivity index (χ0) is 19.6. The summed E-state index contributed by atoms with van der Waals surface area (Å²) in [5.74, 6) is 0.806. The van der Waals surface area contributed by atoms with Crippen LogP contribution in [0.2, 0.25) is 0 Å². The molecule has 2 aromatic carbocycles. The second-order valence-electron chi connectivity index (χ2n) is 6.20. The van der Waals surface area contributed by atoms with Crippen molar-refractivity contribution in [3.63, 3.8) is 0 Å². The van der Waals surface area contributed by atoms with Gasteiger partial charge in [0.25, 0.3) is 0 Å². The van der Waals surface area contributed by atoms with E-state index >= 15 is 0 Å². The lowest BCUT2D eigenvalue weighted by Gasteiger charge is -2.06. The molecular weight excluding hydrogens is 389 g/mol. The van der Waals surface area contributed by atoms with Crippen molar-refractivity contribution in [2.24, 2.45) is 0 Å². The van der Waals surface area contributed by atoms with E-state index in [0.717, 1.165) is 45.2 Å². The monoisotopic (exact) mass is 407 g/mol. The molecule has 0 atom stereocenters. The van der Waals surface area contributed by atoms with Crippen LogP contribution in [0.5, 0.6) is 5.75 Å². The number of thiophene rings is 1. The van der Waals surface area contributed by atoms with Gasteiger partial charge in [0.1, 0.15) is 0 Å². The number of halogens is 3. The maximum absolute atomic E-state index is 12.7. The first kappa shape index (κ1) is 19.8. The van der Waals surface area contributed by atoms with Gasteiger partial charge in [-0.1, -0.05) is 19.1 Å². The van der Waals surface area contributed by atoms with Gasteiger partial charge in [0.2, 0.25) is 0 Å². The third-order valence-electron chi connectivity index (χ3n) is 4.29. The van der Waals surface area contributed by atoms with Crippen molar-refractivity contribution < 1.29 is 18.3 Å². The van der Waals surface area contributed by atoms with Crippen LogP contribution in [0.1, 0.15) is 28.5 Å². The zero-order valence-corrected chi connectivity index (χ0v) is 16.5. The van der Waals surface area contributed by atoms with Crippen LogP contribution in [-0.4, -0.2) is 0 Å². The Morgan fingerprint density at radius 1 is 1.04 bits per heavy atom. The molecule has 0 bridgehead atoms. The lowest BCUT2D eigenvalue weighted by molar-refractivity contribution is -0.137. The van der Waals surface area contributed by atoms with Gasteiger partial charge in [-0.3, -0.25) is 5.11 Å². The van der Waals surface area contributed by atoms with Crippen LogP contribution in [-0.2, 0) is 23.5 Å². The van der Waals surface area contributed by atoms with Gasteiger partial charge in [0, 0.05) is 20.4 Å². The van der Waals surface area contributed by atoms with Gasteiger partial charge in [0.05, 0.1) is 5.56 Å². The Kier molecular flexibility index (Phi) is 5.86. The highest BCUT2D eigenvalue weighted by Gasteiger charge is 2.30. The number of aryl methyl sites for hydroxylation is 2. The van der Waals surface area contributed by atoms with Crippen LogP contribution >= 0.6 is 23.1 Å². The molecule has 6 heteroatoms. The summed E-state index contributed by atoms with van der Waals surface area (Å²) in [7, 11) is 0. The molecule has 0 aliphatic carbocycles. The van der Waals surface area contributed by atoms with Gasteiger partial charge in [-0.15, -0.1) is 23.1 Å². The lowest BCUT2D eigenvalue weighted by atomic mass is 10.1. The van der Waals surface area contributed by atoms with E-state index in [9.17, 15) is 18.3 Å². The second-order valence-corrected chi connectivity index (χ2v) is 8.39. The number of hydrogen-bond acceptors (Lipinski definition) is 2. The molecule has 0 saturated heterocycles. The van der Waals surface area contributed by atoms with Crippen LogP contribution in [0, 0.1) is 6.92 Å². The van der Waals surface area contributed by atoms with E-state index in [-0.39, 0.29) is 5.75 Å². The first-order chi connectivity index (χ1) is 12.8. The van der Waals surface area contributed by atoms with Crippen molar-refractivity contribution in [2.45, 2.75) is 37.1 Å². The number of hydrogen-bond donors (Lipinski definition) is 0. The maximum atomic E-state index is 12.7. The predicted octanol–water partition coefficient (Wildman–Crippen LogP) is 7.74. The summed E-state index contributed by atoms with van der Waals surface area (Å²) >= 11 is 3.28. The van der Waals surface area contributed by atoms with Gasteiger partial charge in [-0.05, 0) is 66.4 Å². The first-order valence-corrected chi connectivity index (χ1v) is 10.3. The summed E-state index contributed by atoms with van der Waals surface area (Å²) in [5.41, 5.74) is 2.10. The normalized spacial score (nSPS) is 11.7. The fraction of sp³-hybridized carbons (Fsp3) is 0.238. The standard InChI is InChI=1S/C21H18F3OS2/c1-3-14-11-19(15-4-6-16(7-5-15)21(22,23)24)27-20(14)12-26-17-8-9-18(25)13(2)10-17/h4-11H,3,12H2,1-2H3. The van der Waals surface area contributed by atoms with Crippen molar-refractivity contribution in [1.82, 2.24) is 0 Å². The van der Waals surface area contributed by atoms with Crippen molar-refractivity contribution in [2.75, 3.05) is 0 Å². The van der Waals surface area contributed by atoms with Crippen molar-refractivity contribution in [3.8, 4) is 16.2 Å². The molecule has 3 rings (SSSR count). The Hall–Kier alpha value is -1.92. The van der Waals surface area contributed by atoms with E-state index in [2.05, 4.69) is 13.0 Å². The first-order valence-electron chi connectivity index (χ1n) is 8.47. The Morgan fingerprint density at radius 3 is 2.33 bits per heavy atom. The molecule has 0 spiro atoms. The molecule has 0 fully saturated rings. The Balaban J connectivity index is 1.79. The average molecular weight is 408 g/mol. The summed E-state index contributed by atoms with van der Waals surface area (Å²) in [5, 5.41) is 11.5. The second kappa shape index (κ2) is 7.98. The van der Waals surface area contributed by atoms with Gasteiger partial charge in [-0.25, -0.2) is 0 Å². The minimum Gasteiger partial charge on any atom is -0.290 e. The molecule has 0 aliphatic heterocycles.